The number of pyridine rings is 1. The third-order valence-electron chi connectivity index (χ3n) is 4.53. The predicted molar refractivity (Wildman–Crippen MR) is 84.1 cm³/mol. The van der Waals surface area contributed by atoms with E-state index < -0.39 is 0 Å². The lowest BCUT2D eigenvalue weighted by Crippen LogP contribution is -2.47. The highest BCUT2D eigenvalue weighted by molar-refractivity contribution is 5.81. The number of anilines is 1. The van der Waals surface area contributed by atoms with E-state index in [1.54, 1.807) is 12.3 Å². The van der Waals surface area contributed by atoms with Gasteiger partial charge in [-0.25, -0.2) is 9.37 Å². The third-order valence-corrected chi connectivity index (χ3v) is 4.53. The second-order valence-corrected chi connectivity index (χ2v) is 6.41. The van der Waals surface area contributed by atoms with Crippen LogP contribution in [0.1, 0.15) is 26.7 Å². The Balaban J connectivity index is 1.85. The number of hydrogen-bond acceptors (Lipinski definition) is 3. The molecule has 0 unspecified atom stereocenters. The van der Waals surface area contributed by atoms with Gasteiger partial charge in [-0.2, -0.15) is 0 Å². The van der Waals surface area contributed by atoms with Gasteiger partial charge in [-0.15, -0.1) is 0 Å². The van der Waals surface area contributed by atoms with Gasteiger partial charge in [0.1, 0.15) is 0 Å². The van der Waals surface area contributed by atoms with Gasteiger partial charge in [0.2, 0.25) is 5.91 Å². The summed E-state index contributed by atoms with van der Waals surface area (Å²) in [6.45, 7) is 5.95. The number of piperidine rings is 1. The second-order valence-electron chi connectivity index (χ2n) is 6.41. The number of hydrogen-bond donors (Lipinski definition) is 0. The molecule has 4 nitrogen and oxygen atoms in total. The van der Waals surface area contributed by atoms with E-state index in [9.17, 15) is 9.18 Å². The molecular formula is C17H22FN3O. The van der Waals surface area contributed by atoms with E-state index in [4.69, 9.17) is 0 Å². The Bertz CT molecular complexity index is 597. The number of aromatic nitrogens is 1. The quantitative estimate of drug-likeness (QED) is 0.805. The van der Waals surface area contributed by atoms with Crippen molar-refractivity contribution in [3.05, 3.63) is 35.8 Å². The monoisotopic (exact) mass is 303 g/mol. The zero-order valence-electron chi connectivity index (χ0n) is 13.1. The van der Waals surface area contributed by atoms with Crippen molar-refractivity contribution in [2.24, 2.45) is 5.92 Å². The summed E-state index contributed by atoms with van der Waals surface area (Å²) >= 11 is 0. The average molecular weight is 303 g/mol. The van der Waals surface area contributed by atoms with Crippen LogP contribution in [0.5, 0.6) is 0 Å². The summed E-state index contributed by atoms with van der Waals surface area (Å²) in [5.74, 6) is 0.210. The lowest BCUT2D eigenvalue weighted by Gasteiger charge is -2.35. The molecule has 0 saturated carbocycles. The van der Waals surface area contributed by atoms with Crippen LogP contribution < -0.4 is 4.90 Å². The van der Waals surface area contributed by atoms with E-state index in [1.165, 1.54) is 11.6 Å². The molecule has 3 aliphatic heterocycles. The van der Waals surface area contributed by atoms with Crippen LogP contribution >= 0.6 is 0 Å². The standard InChI is InChI=1S/C17H22FN3O/c1-12(2)7-9-21-14-6-5-13(17(21)22)10-20(11-14)16-15(18)4-3-8-19-16/h3-4,7-8,13-14H,5-6,9-11H2,1-2H3/t13-,14+/m0/s1. The summed E-state index contributed by atoms with van der Waals surface area (Å²) in [4.78, 5) is 20.7. The first-order valence-electron chi connectivity index (χ1n) is 7.85. The number of carbonyl (C=O) groups excluding carboxylic acids is 1. The number of fused-ring (bicyclic) bond motifs is 4. The molecular weight excluding hydrogens is 281 g/mol. The fourth-order valence-electron chi connectivity index (χ4n) is 3.34. The Morgan fingerprint density at radius 2 is 2.23 bits per heavy atom. The van der Waals surface area contributed by atoms with Gasteiger partial charge in [0.05, 0.1) is 5.92 Å². The van der Waals surface area contributed by atoms with Crippen molar-refractivity contribution in [3.63, 3.8) is 0 Å². The molecule has 2 atom stereocenters. The highest BCUT2D eigenvalue weighted by atomic mass is 19.1. The maximum Gasteiger partial charge on any atom is 0.228 e. The summed E-state index contributed by atoms with van der Waals surface area (Å²) in [5, 5.41) is 0. The smallest absolute Gasteiger partial charge is 0.228 e. The maximum atomic E-state index is 14.0. The molecule has 3 saturated heterocycles. The molecule has 0 aromatic carbocycles. The summed E-state index contributed by atoms with van der Waals surface area (Å²) in [7, 11) is 0. The Kier molecular flexibility index (Phi) is 4.14. The van der Waals surface area contributed by atoms with Crippen LogP contribution in [0.4, 0.5) is 10.2 Å². The molecule has 0 radical (unpaired) electrons. The lowest BCUT2D eigenvalue weighted by atomic mass is 9.94. The average Bonchev–Trinajstić information content (AvgIpc) is 2.76. The molecule has 4 rings (SSSR count). The second kappa shape index (κ2) is 6.07. The van der Waals surface area contributed by atoms with Gasteiger partial charge >= 0.3 is 0 Å². The van der Waals surface area contributed by atoms with Gasteiger partial charge in [0.25, 0.3) is 0 Å². The SMILES string of the molecule is CC(C)=CCN1C(=O)[C@H]2CC[C@@H]1CN(c1ncccc1F)C2. The van der Waals surface area contributed by atoms with Crippen LogP contribution in [0, 0.1) is 11.7 Å². The van der Waals surface area contributed by atoms with Crippen molar-refractivity contribution < 1.29 is 9.18 Å². The van der Waals surface area contributed by atoms with Crippen LogP contribution in [0.2, 0.25) is 0 Å². The Morgan fingerprint density at radius 1 is 1.41 bits per heavy atom. The minimum Gasteiger partial charge on any atom is -0.351 e. The third kappa shape index (κ3) is 2.85. The first kappa shape index (κ1) is 15.0. The van der Waals surface area contributed by atoms with Crippen LogP contribution in [0.25, 0.3) is 0 Å². The minimum absolute atomic E-state index is 0.0503. The van der Waals surface area contributed by atoms with Gasteiger partial charge in [-0.05, 0) is 38.8 Å². The number of rotatable bonds is 3. The van der Waals surface area contributed by atoms with E-state index in [-0.39, 0.29) is 23.7 Å². The van der Waals surface area contributed by atoms with Gasteiger partial charge in [-0.1, -0.05) is 11.6 Å². The molecule has 1 amide bonds. The van der Waals surface area contributed by atoms with E-state index in [0.29, 0.717) is 25.5 Å². The maximum absolute atomic E-state index is 14.0. The van der Waals surface area contributed by atoms with E-state index in [1.807, 2.05) is 23.6 Å². The van der Waals surface area contributed by atoms with Crippen LogP contribution in [0.3, 0.4) is 0 Å². The molecule has 3 aliphatic rings. The van der Waals surface area contributed by atoms with Gasteiger partial charge in [0, 0.05) is 31.9 Å². The first-order chi connectivity index (χ1) is 10.6. The van der Waals surface area contributed by atoms with Crippen molar-refractivity contribution >= 4 is 11.7 Å². The Morgan fingerprint density at radius 3 is 2.95 bits per heavy atom. The lowest BCUT2D eigenvalue weighted by molar-refractivity contribution is -0.139. The normalized spacial score (nSPS) is 24.4. The molecule has 0 aliphatic carbocycles. The molecule has 4 heterocycles. The van der Waals surface area contributed by atoms with Gasteiger partial charge < -0.3 is 9.80 Å². The topological polar surface area (TPSA) is 36.4 Å². The van der Waals surface area contributed by atoms with E-state index >= 15 is 0 Å². The number of allylic oxidation sites excluding steroid dienone is 1. The van der Waals surface area contributed by atoms with Crippen LogP contribution in [-0.2, 0) is 4.79 Å². The summed E-state index contributed by atoms with van der Waals surface area (Å²) in [6, 6.07) is 3.17. The summed E-state index contributed by atoms with van der Waals surface area (Å²) in [5.41, 5.74) is 1.21. The zero-order chi connectivity index (χ0) is 15.7. The van der Waals surface area contributed by atoms with Crippen molar-refractivity contribution in [1.82, 2.24) is 9.88 Å². The van der Waals surface area contributed by atoms with Gasteiger partial charge in [0.15, 0.2) is 11.6 Å². The molecule has 22 heavy (non-hydrogen) atoms. The molecule has 2 bridgehead atoms. The van der Waals surface area contributed by atoms with E-state index in [2.05, 4.69) is 11.1 Å². The number of carbonyl (C=O) groups is 1. The van der Waals surface area contributed by atoms with Crippen LogP contribution in [-0.4, -0.2) is 41.5 Å². The molecule has 1 aromatic heterocycles. The molecule has 3 fully saturated rings. The summed E-state index contributed by atoms with van der Waals surface area (Å²) < 4.78 is 14.0. The highest BCUT2D eigenvalue weighted by Crippen LogP contribution is 2.31. The molecule has 118 valence electrons. The fraction of sp³-hybridized carbons (Fsp3) is 0.529. The molecule has 5 heteroatoms. The van der Waals surface area contributed by atoms with Gasteiger partial charge in [-0.3, -0.25) is 4.79 Å². The van der Waals surface area contributed by atoms with Crippen molar-refractivity contribution in [2.75, 3.05) is 24.5 Å². The van der Waals surface area contributed by atoms with Crippen molar-refractivity contribution in [3.8, 4) is 0 Å². The number of halogens is 1. The molecule has 0 spiro atoms. The largest absolute Gasteiger partial charge is 0.351 e. The predicted octanol–water partition coefficient (Wildman–Crippen LogP) is 2.61. The van der Waals surface area contributed by atoms with Crippen molar-refractivity contribution in [1.29, 1.82) is 0 Å². The molecule has 1 aromatic rings. The molecule has 0 N–H and O–H groups in total. The number of amides is 1. The minimum atomic E-state index is -0.313. The van der Waals surface area contributed by atoms with E-state index in [0.717, 1.165) is 12.8 Å². The fourth-order valence-corrected chi connectivity index (χ4v) is 3.34. The Hall–Kier alpha value is -1.91. The Labute approximate surface area is 130 Å². The van der Waals surface area contributed by atoms with Crippen LogP contribution in [0.15, 0.2) is 30.0 Å². The van der Waals surface area contributed by atoms with Crippen molar-refractivity contribution in [2.45, 2.75) is 32.7 Å². The highest BCUT2D eigenvalue weighted by Gasteiger charge is 2.40. The first-order valence-corrected chi connectivity index (χ1v) is 7.85. The number of nitrogens with zero attached hydrogens (tertiary/aromatic N) is 3. The summed E-state index contributed by atoms with van der Waals surface area (Å²) in [6.07, 6.45) is 5.57. The zero-order valence-corrected chi connectivity index (χ0v) is 13.1.